The second-order valence-corrected chi connectivity index (χ2v) is 13.5. The van der Waals surface area contributed by atoms with Crippen molar-refractivity contribution >= 4 is 36.8 Å². The molecule has 1 aromatic carbocycles. The summed E-state index contributed by atoms with van der Waals surface area (Å²) in [6, 6.07) is 9.55. The number of benzene rings is 1. The highest BCUT2D eigenvalue weighted by Gasteiger charge is 2.40. The molecule has 2 aliphatic carbocycles. The summed E-state index contributed by atoms with van der Waals surface area (Å²) < 4.78 is 11.7. The Labute approximate surface area is 266 Å². The topological polar surface area (TPSA) is 59.1 Å². The molecule has 2 aliphatic heterocycles. The van der Waals surface area contributed by atoms with Crippen LogP contribution in [0.25, 0.3) is 0 Å². The van der Waals surface area contributed by atoms with E-state index in [-0.39, 0.29) is 37.0 Å². The minimum absolute atomic E-state index is 0. The lowest BCUT2D eigenvalue weighted by molar-refractivity contribution is 0.0257. The van der Waals surface area contributed by atoms with Crippen LogP contribution in [0.1, 0.15) is 124 Å². The summed E-state index contributed by atoms with van der Waals surface area (Å²) in [5.74, 6) is 0.808. The third kappa shape index (κ3) is 8.22. The van der Waals surface area contributed by atoms with Gasteiger partial charge in [0.15, 0.2) is 0 Å². The summed E-state index contributed by atoms with van der Waals surface area (Å²) in [7, 11) is 4.55. The van der Waals surface area contributed by atoms with Gasteiger partial charge in [0.25, 0.3) is 0 Å². The third-order valence-electron chi connectivity index (χ3n) is 10.9. The first-order chi connectivity index (χ1) is 19.3. The van der Waals surface area contributed by atoms with E-state index in [1.807, 2.05) is 13.8 Å². The van der Waals surface area contributed by atoms with Crippen molar-refractivity contribution in [1.82, 2.24) is 9.80 Å². The van der Waals surface area contributed by atoms with Crippen LogP contribution in [0.5, 0.6) is 0 Å². The molecule has 1 aromatic rings. The summed E-state index contributed by atoms with van der Waals surface area (Å²) in [5, 5.41) is 0. The number of nitrogens with zero attached hydrogens (tertiary/aromatic N) is 2. The Bertz CT molecular complexity index is 946. The van der Waals surface area contributed by atoms with Crippen molar-refractivity contribution in [3.05, 3.63) is 35.4 Å². The molecule has 0 amide bonds. The van der Waals surface area contributed by atoms with Gasteiger partial charge < -0.3 is 19.3 Å². The molecular formula is C34H54Cl2N2O4. The van der Waals surface area contributed by atoms with Crippen LogP contribution >= 0.6 is 24.8 Å². The van der Waals surface area contributed by atoms with Crippen LogP contribution in [-0.4, -0.2) is 72.2 Å². The minimum atomic E-state index is -0.434. The van der Waals surface area contributed by atoms with Crippen LogP contribution in [0.15, 0.2) is 24.3 Å². The van der Waals surface area contributed by atoms with Gasteiger partial charge in [-0.1, -0.05) is 37.8 Å². The lowest BCUT2D eigenvalue weighted by Crippen LogP contribution is -2.35. The predicted molar refractivity (Wildman–Crippen MR) is 173 cm³/mol. The van der Waals surface area contributed by atoms with E-state index in [1.54, 1.807) is 24.3 Å². The van der Waals surface area contributed by atoms with E-state index in [9.17, 15) is 9.59 Å². The number of hydrogen-bond donors (Lipinski definition) is 0. The summed E-state index contributed by atoms with van der Waals surface area (Å²) in [5.41, 5.74) is 0.602. The van der Waals surface area contributed by atoms with E-state index >= 15 is 0 Å². The Hall–Kier alpha value is -1.34. The normalized spacial score (nSPS) is 30.7. The molecule has 8 unspecified atom stereocenters. The van der Waals surface area contributed by atoms with Crippen LogP contribution in [0.4, 0.5) is 0 Å². The summed E-state index contributed by atoms with van der Waals surface area (Å²) >= 11 is 0. The van der Waals surface area contributed by atoms with Crippen molar-refractivity contribution in [1.29, 1.82) is 0 Å². The molecule has 8 atom stereocenters. The van der Waals surface area contributed by atoms with Crippen LogP contribution < -0.4 is 0 Å². The van der Waals surface area contributed by atoms with E-state index < -0.39 is 11.9 Å². The smallest absolute Gasteiger partial charge is 0.339 e. The molecule has 42 heavy (non-hydrogen) atoms. The highest BCUT2D eigenvalue weighted by Crippen LogP contribution is 2.41. The number of hydrogen-bond acceptors (Lipinski definition) is 6. The lowest BCUT2D eigenvalue weighted by atomic mass is 9.84. The number of esters is 2. The number of ether oxygens (including phenoxy) is 2. The fourth-order valence-electron chi connectivity index (χ4n) is 8.52. The largest absolute Gasteiger partial charge is 0.459 e. The van der Waals surface area contributed by atoms with Gasteiger partial charge >= 0.3 is 11.9 Å². The van der Waals surface area contributed by atoms with Crippen molar-refractivity contribution in [2.75, 3.05) is 14.1 Å². The molecule has 6 nitrogen and oxygen atoms in total. The Morgan fingerprint density at radius 3 is 1.48 bits per heavy atom. The molecule has 0 spiro atoms. The van der Waals surface area contributed by atoms with Gasteiger partial charge in [-0.3, -0.25) is 0 Å². The quantitative estimate of drug-likeness (QED) is 0.248. The van der Waals surface area contributed by atoms with Gasteiger partial charge in [-0.25, -0.2) is 9.59 Å². The van der Waals surface area contributed by atoms with Crippen LogP contribution in [0.2, 0.25) is 0 Å². The van der Waals surface area contributed by atoms with Crippen molar-refractivity contribution in [2.24, 2.45) is 11.8 Å². The molecule has 0 aromatic heterocycles. The summed E-state index contributed by atoms with van der Waals surface area (Å²) in [6.45, 7) is 3.94. The first kappa shape index (κ1) is 35.1. The fourth-order valence-corrected chi connectivity index (χ4v) is 8.52. The first-order valence-corrected chi connectivity index (χ1v) is 16.3. The van der Waals surface area contributed by atoms with Gasteiger partial charge in [0.2, 0.25) is 0 Å². The molecule has 4 aliphatic rings. The minimum Gasteiger partial charge on any atom is -0.459 e. The van der Waals surface area contributed by atoms with E-state index in [0.717, 1.165) is 49.6 Å². The number of likely N-dealkylation sites (tertiary alicyclic amines) is 2. The molecule has 0 radical (unpaired) electrons. The van der Waals surface area contributed by atoms with Gasteiger partial charge in [0.1, 0.15) is 0 Å². The van der Waals surface area contributed by atoms with Gasteiger partial charge in [0.05, 0.1) is 23.3 Å². The van der Waals surface area contributed by atoms with Gasteiger partial charge in [-0.05, 0) is 116 Å². The summed E-state index contributed by atoms with van der Waals surface area (Å²) in [4.78, 5) is 31.5. The Kier molecular flexibility index (Phi) is 13.5. The monoisotopic (exact) mass is 624 g/mol. The molecule has 4 fully saturated rings. The number of rotatable bonds is 10. The van der Waals surface area contributed by atoms with E-state index in [0.29, 0.717) is 23.2 Å². The van der Waals surface area contributed by atoms with Crippen LogP contribution in [0.3, 0.4) is 0 Å². The SMILES string of the molecule is CC(CCC1CC2CCCCC2N1C)OC(=O)c1ccccc1C(=O)OC(C)CCC1CC2CCCCC2N1C.Cl.Cl. The second-order valence-electron chi connectivity index (χ2n) is 13.5. The molecule has 238 valence electrons. The average Bonchev–Trinajstić information content (AvgIpc) is 3.46. The van der Waals surface area contributed by atoms with Gasteiger partial charge in [0, 0.05) is 24.2 Å². The fraction of sp³-hybridized carbons (Fsp3) is 0.765. The Morgan fingerprint density at radius 2 is 1.10 bits per heavy atom. The number of fused-ring (bicyclic) bond motifs is 2. The van der Waals surface area contributed by atoms with Crippen molar-refractivity contribution in [3.63, 3.8) is 0 Å². The second kappa shape index (κ2) is 16.1. The molecule has 0 bridgehead atoms. The molecule has 2 saturated carbocycles. The number of halogens is 2. The maximum atomic E-state index is 13.1. The van der Waals surface area contributed by atoms with Gasteiger partial charge in [-0.15, -0.1) is 24.8 Å². The van der Waals surface area contributed by atoms with E-state index in [1.165, 1.54) is 64.2 Å². The highest BCUT2D eigenvalue weighted by atomic mass is 35.5. The third-order valence-corrected chi connectivity index (χ3v) is 10.9. The maximum Gasteiger partial charge on any atom is 0.339 e. The van der Waals surface area contributed by atoms with E-state index in [2.05, 4.69) is 23.9 Å². The zero-order valence-electron chi connectivity index (χ0n) is 26.2. The molecular weight excluding hydrogens is 571 g/mol. The lowest BCUT2D eigenvalue weighted by Gasteiger charge is -2.31. The Morgan fingerprint density at radius 1 is 0.714 bits per heavy atom. The number of carbonyl (C=O) groups excluding carboxylic acids is 2. The standard InChI is InChI=1S/C34H52N2O4.2ClH/c1-23(17-19-27-21-25-11-5-9-15-31(25)35(27)3)39-33(37)29-13-7-8-14-30(29)34(38)40-24(2)18-20-28-22-26-12-6-10-16-32(26)36(28)4;;/h7-8,13-14,23-28,31-32H,5-6,9-12,15-22H2,1-4H3;2*1H. The number of carbonyl (C=O) groups is 2. The zero-order chi connectivity index (χ0) is 28.2. The van der Waals surface area contributed by atoms with E-state index in [4.69, 9.17) is 9.47 Å². The predicted octanol–water partition coefficient (Wildman–Crippen LogP) is 7.71. The van der Waals surface area contributed by atoms with Crippen LogP contribution in [0, 0.1) is 11.8 Å². The van der Waals surface area contributed by atoms with Crippen molar-refractivity contribution in [3.8, 4) is 0 Å². The average molecular weight is 626 g/mol. The molecule has 8 heteroatoms. The highest BCUT2D eigenvalue weighted by molar-refractivity contribution is 6.03. The molecule has 0 N–H and O–H groups in total. The Balaban J connectivity index is 0.00000242. The molecule has 2 saturated heterocycles. The summed E-state index contributed by atoms with van der Waals surface area (Å²) in [6.07, 6.45) is 16.7. The first-order valence-electron chi connectivity index (χ1n) is 16.3. The van der Waals surface area contributed by atoms with Gasteiger partial charge in [-0.2, -0.15) is 0 Å². The molecule has 5 rings (SSSR count). The molecule has 2 heterocycles. The van der Waals surface area contributed by atoms with Crippen molar-refractivity contribution in [2.45, 2.75) is 140 Å². The zero-order valence-corrected chi connectivity index (χ0v) is 27.8. The van der Waals surface area contributed by atoms with Crippen molar-refractivity contribution < 1.29 is 19.1 Å². The maximum absolute atomic E-state index is 13.1. The van der Waals surface area contributed by atoms with Crippen LogP contribution in [-0.2, 0) is 9.47 Å².